The van der Waals surface area contributed by atoms with Crippen molar-refractivity contribution < 1.29 is 0 Å². The third kappa shape index (κ3) is 1.95. The van der Waals surface area contributed by atoms with Crippen LogP contribution in [0.4, 0.5) is 0 Å². The molecule has 1 aromatic heterocycles. The van der Waals surface area contributed by atoms with Crippen LogP contribution in [0, 0.1) is 6.92 Å². The molecule has 3 heteroatoms. The summed E-state index contributed by atoms with van der Waals surface area (Å²) in [4.78, 5) is 0. The Kier molecular flexibility index (Phi) is 2.92. The fraction of sp³-hybridized carbons (Fsp3) is 0.133. The number of aromatic nitrogens is 2. The minimum atomic E-state index is 0.804. The molecule has 0 bridgehead atoms. The van der Waals surface area contributed by atoms with E-state index >= 15 is 0 Å². The first kappa shape index (κ1) is 11.5. The summed E-state index contributed by atoms with van der Waals surface area (Å²) in [5.74, 6) is 0. The van der Waals surface area contributed by atoms with Crippen molar-refractivity contribution in [3.8, 4) is 0 Å². The van der Waals surface area contributed by atoms with Gasteiger partial charge in [0, 0.05) is 9.86 Å². The first-order chi connectivity index (χ1) is 8.75. The number of halogens is 1. The standard InChI is InChI=1S/C15H13BrN2/c1-11-13(6-4-7-14(11)16)10-18-15-8-3-2-5-12(15)9-17-18/h2-9H,10H2,1H3. The molecule has 3 aromatic rings. The van der Waals surface area contributed by atoms with E-state index in [4.69, 9.17) is 0 Å². The van der Waals surface area contributed by atoms with E-state index in [-0.39, 0.29) is 0 Å². The van der Waals surface area contributed by atoms with Gasteiger partial charge in [-0.3, -0.25) is 4.68 Å². The fourth-order valence-electron chi connectivity index (χ4n) is 2.14. The predicted octanol–water partition coefficient (Wildman–Crippen LogP) is 4.16. The molecule has 0 fully saturated rings. The largest absolute Gasteiger partial charge is 0.260 e. The average molecular weight is 301 g/mol. The minimum absolute atomic E-state index is 0.804. The highest BCUT2D eigenvalue weighted by molar-refractivity contribution is 9.10. The molecule has 0 unspecified atom stereocenters. The highest BCUT2D eigenvalue weighted by Gasteiger charge is 2.06. The Morgan fingerprint density at radius 1 is 1.11 bits per heavy atom. The van der Waals surface area contributed by atoms with Gasteiger partial charge in [-0.2, -0.15) is 5.10 Å². The van der Waals surface area contributed by atoms with Gasteiger partial charge >= 0.3 is 0 Å². The van der Waals surface area contributed by atoms with Gasteiger partial charge in [-0.25, -0.2) is 0 Å². The Hall–Kier alpha value is -1.61. The third-order valence-electron chi connectivity index (χ3n) is 3.25. The SMILES string of the molecule is Cc1c(Br)cccc1Cn1ncc2ccccc21. The lowest BCUT2D eigenvalue weighted by Gasteiger charge is -2.08. The van der Waals surface area contributed by atoms with Crippen molar-refractivity contribution in [3.63, 3.8) is 0 Å². The van der Waals surface area contributed by atoms with Crippen LogP contribution in [0.15, 0.2) is 53.1 Å². The van der Waals surface area contributed by atoms with Crippen molar-refractivity contribution in [2.45, 2.75) is 13.5 Å². The first-order valence-electron chi connectivity index (χ1n) is 5.90. The van der Waals surface area contributed by atoms with E-state index in [2.05, 4.69) is 58.3 Å². The molecule has 2 aromatic carbocycles. The summed E-state index contributed by atoms with van der Waals surface area (Å²) < 4.78 is 3.20. The number of para-hydroxylation sites is 1. The third-order valence-corrected chi connectivity index (χ3v) is 4.11. The van der Waals surface area contributed by atoms with Gasteiger partial charge in [0.1, 0.15) is 0 Å². The molecule has 0 saturated carbocycles. The van der Waals surface area contributed by atoms with Crippen molar-refractivity contribution in [3.05, 3.63) is 64.3 Å². The molecule has 0 N–H and O–H groups in total. The van der Waals surface area contributed by atoms with Crippen LogP contribution < -0.4 is 0 Å². The van der Waals surface area contributed by atoms with Gasteiger partial charge in [0.15, 0.2) is 0 Å². The van der Waals surface area contributed by atoms with Crippen molar-refractivity contribution in [2.24, 2.45) is 0 Å². The maximum Gasteiger partial charge on any atom is 0.0686 e. The average Bonchev–Trinajstić information content (AvgIpc) is 2.79. The summed E-state index contributed by atoms with van der Waals surface area (Å²) in [6.45, 7) is 2.93. The summed E-state index contributed by atoms with van der Waals surface area (Å²) in [5.41, 5.74) is 3.74. The van der Waals surface area contributed by atoms with Crippen molar-refractivity contribution in [1.82, 2.24) is 9.78 Å². The molecule has 0 aliphatic rings. The molecule has 0 aliphatic carbocycles. The van der Waals surface area contributed by atoms with Gasteiger partial charge in [-0.15, -0.1) is 0 Å². The van der Waals surface area contributed by atoms with Gasteiger partial charge in [0.25, 0.3) is 0 Å². The van der Waals surface area contributed by atoms with Crippen LogP contribution in [0.2, 0.25) is 0 Å². The molecule has 2 nitrogen and oxygen atoms in total. The first-order valence-corrected chi connectivity index (χ1v) is 6.69. The molecule has 0 saturated heterocycles. The van der Waals surface area contributed by atoms with Crippen molar-refractivity contribution in [2.75, 3.05) is 0 Å². The highest BCUT2D eigenvalue weighted by atomic mass is 79.9. The summed E-state index contributed by atoms with van der Waals surface area (Å²) in [5, 5.41) is 5.65. The molecule has 0 atom stereocenters. The van der Waals surface area contributed by atoms with Gasteiger partial charge in [0.2, 0.25) is 0 Å². The molecule has 90 valence electrons. The number of hydrogen-bond acceptors (Lipinski definition) is 1. The molecule has 0 aliphatic heterocycles. The second-order valence-corrected chi connectivity index (χ2v) is 5.24. The number of fused-ring (bicyclic) bond motifs is 1. The van der Waals surface area contributed by atoms with Crippen LogP contribution in [0.3, 0.4) is 0 Å². The zero-order valence-corrected chi connectivity index (χ0v) is 11.7. The second-order valence-electron chi connectivity index (χ2n) is 4.38. The Labute approximate surface area is 114 Å². The van der Waals surface area contributed by atoms with Crippen molar-refractivity contribution in [1.29, 1.82) is 0 Å². The van der Waals surface area contributed by atoms with Gasteiger partial charge in [0.05, 0.1) is 18.3 Å². The summed E-state index contributed by atoms with van der Waals surface area (Å²) in [6, 6.07) is 14.6. The summed E-state index contributed by atoms with van der Waals surface area (Å²) >= 11 is 3.57. The maximum atomic E-state index is 4.46. The number of nitrogens with zero attached hydrogens (tertiary/aromatic N) is 2. The van der Waals surface area contributed by atoms with E-state index in [1.807, 2.05) is 23.0 Å². The topological polar surface area (TPSA) is 17.8 Å². The molecule has 18 heavy (non-hydrogen) atoms. The van der Waals surface area contributed by atoms with E-state index in [0.717, 1.165) is 11.0 Å². The summed E-state index contributed by atoms with van der Waals surface area (Å²) in [7, 11) is 0. The number of rotatable bonds is 2. The number of benzene rings is 2. The fourth-order valence-corrected chi connectivity index (χ4v) is 2.54. The summed E-state index contributed by atoms with van der Waals surface area (Å²) in [6.07, 6.45) is 1.92. The van der Waals surface area contributed by atoms with Crippen molar-refractivity contribution >= 4 is 26.8 Å². The normalized spacial score (nSPS) is 11.0. The lowest BCUT2D eigenvalue weighted by Crippen LogP contribution is -2.03. The van der Waals surface area contributed by atoms with Gasteiger partial charge < -0.3 is 0 Å². The van der Waals surface area contributed by atoms with E-state index in [9.17, 15) is 0 Å². The van der Waals surface area contributed by atoms with Crippen LogP contribution in [-0.4, -0.2) is 9.78 Å². The van der Waals surface area contributed by atoms with Crippen LogP contribution in [0.5, 0.6) is 0 Å². The predicted molar refractivity (Wildman–Crippen MR) is 77.7 cm³/mol. The van der Waals surface area contributed by atoms with E-state index in [0.29, 0.717) is 0 Å². The quantitative estimate of drug-likeness (QED) is 0.695. The van der Waals surface area contributed by atoms with Crippen LogP contribution >= 0.6 is 15.9 Å². The van der Waals surface area contributed by atoms with Crippen LogP contribution in [0.1, 0.15) is 11.1 Å². The number of hydrogen-bond donors (Lipinski definition) is 0. The molecule has 0 amide bonds. The molecule has 0 spiro atoms. The lowest BCUT2D eigenvalue weighted by molar-refractivity contribution is 0.708. The lowest BCUT2D eigenvalue weighted by atomic mass is 10.1. The molecular weight excluding hydrogens is 288 g/mol. The highest BCUT2D eigenvalue weighted by Crippen LogP contribution is 2.21. The maximum absolute atomic E-state index is 4.46. The molecule has 3 rings (SSSR count). The van der Waals surface area contributed by atoms with E-state index in [1.165, 1.54) is 22.0 Å². The van der Waals surface area contributed by atoms with E-state index < -0.39 is 0 Å². The Balaban J connectivity index is 2.04. The van der Waals surface area contributed by atoms with Crippen LogP contribution in [0.25, 0.3) is 10.9 Å². The molecular formula is C15H13BrN2. The van der Waals surface area contributed by atoms with Crippen LogP contribution in [-0.2, 0) is 6.54 Å². The Bertz CT molecular complexity index is 701. The molecule has 0 radical (unpaired) electrons. The zero-order chi connectivity index (χ0) is 12.5. The van der Waals surface area contributed by atoms with E-state index in [1.54, 1.807) is 0 Å². The molecule has 1 heterocycles. The van der Waals surface area contributed by atoms with Gasteiger partial charge in [-0.05, 0) is 30.2 Å². The Morgan fingerprint density at radius 2 is 1.94 bits per heavy atom. The zero-order valence-electron chi connectivity index (χ0n) is 10.1. The van der Waals surface area contributed by atoms with Gasteiger partial charge in [-0.1, -0.05) is 46.3 Å². The minimum Gasteiger partial charge on any atom is -0.260 e. The smallest absolute Gasteiger partial charge is 0.0686 e. The Morgan fingerprint density at radius 3 is 2.83 bits per heavy atom. The second kappa shape index (κ2) is 4.58. The monoisotopic (exact) mass is 300 g/mol.